The molecule has 1 atom stereocenters. The van der Waals surface area contributed by atoms with Crippen molar-refractivity contribution in [1.82, 2.24) is 5.32 Å². The lowest BCUT2D eigenvalue weighted by Crippen LogP contribution is -2.29. The second-order valence-electron chi connectivity index (χ2n) is 5.41. The minimum absolute atomic E-state index is 0.407. The van der Waals surface area contributed by atoms with Gasteiger partial charge in [-0.15, -0.1) is 0 Å². The maximum Gasteiger partial charge on any atom is 0.119 e. The molecule has 1 unspecified atom stereocenters. The van der Waals surface area contributed by atoms with Crippen LogP contribution in [0, 0.1) is 0 Å². The molecule has 1 heterocycles. The molecule has 0 radical (unpaired) electrons. The van der Waals surface area contributed by atoms with Crippen molar-refractivity contribution in [2.75, 3.05) is 26.3 Å². The van der Waals surface area contributed by atoms with Gasteiger partial charge >= 0.3 is 0 Å². The predicted octanol–water partition coefficient (Wildman–Crippen LogP) is 2.96. The Labute approximate surface area is 116 Å². The molecular formula is C16H25NO2. The summed E-state index contributed by atoms with van der Waals surface area (Å²) in [5.74, 6) is 1.51. The van der Waals surface area contributed by atoms with Crippen LogP contribution in [0.25, 0.3) is 0 Å². The summed E-state index contributed by atoms with van der Waals surface area (Å²) in [4.78, 5) is 0. The van der Waals surface area contributed by atoms with Crippen molar-refractivity contribution in [3.8, 4) is 5.75 Å². The monoisotopic (exact) mass is 263 g/mol. The number of hydrogen-bond donors (Lipinski definition) is 1. The Bertz CT molecular complexity index is 373. The smallest absolute Gasteiger partial charge is 0.119 e. The summed E-state index contributed by atoms with van der Waals surface area (Å²) in [5.41, 5.74) is 1.32. The van der Waals surface area contributed by atoms with Crippen LogP contribution in [0.3, 0.4) is 0 Å². The molecule has 0 aliphatic carbocycles. The summed E-state index contributed by atoms with van der Waals surface area (Å²) in [6.07, 6.45) is 2.79. The third kappa shape index (κ3) is 4.84. The Hall–Kier alpha value is -1.06. The minimum Gasteiger partial charge on any atom is -0.492 e. The van der Waals surface area contributed by atoms with Crippen LogP contribution in [0.1, 0.15) is 38.2 Å². The quantitative estimate of drug-likeness (QED) is 0.767. The normalized spacial score (nSPS) is 19.0. The van der Waals surface area contributed by atoms with Gasteiger partial charge in [-0.2, -0.15) is 0 Å². The van der Waals surface area contributed by atoms with E-state index in [1.807, 2.05) is 6.07 Å². The molecule has 1 aromatic rings. The molecule has 106 valence electrons. The van der Waals surface area contributed by atoms with Crippen molar-refractivity contribution < 1.29 is 9.47 Å². The van der Waals surface area contributed by atoms with Crippen LogP contribution in [0.5, 0.6) is 5.75 Å². The molecule has 1 fully saturated rings. The van der Waals surface area contributed by atoms with Crippen LogP contribution in [-0.2, 0) is 4.74 Å². The van der Waals surface area contributed by atoms with Gasteiger partial charge in [-0.1, -0.05) is 26.0 Å². The van der Waals surface area contributed by atoms with Crippen LogP contribution in [0.15, 0.2) is 24.3 Å². The Morgan fingerprint density at radius 3 is 3.05 bits per heavy atom. The summed E-state index contributed by atoms with van der Waals surface area (Å²) in [5, 5.41) is 3.38. The van der Waals surface area contributed by atoms with Crippen molar-refractivity contribution in [3.63, 3.8) is 0 Å². The highest BCUT2D eigenvalue weighted by atomic mass is 16.5. The summed E-state index contributed by atoms with van der Waals surface area (Å²) >= 11 is 0. The molecule has 0 aromatic heterocycles. The SMILES string of the molecule is CC(C)c1cccc(OCCNCC2CCCO2)c1. The largest absolute Gasteiger partial charge is 0.492 e. The fourth-order valence-electron chi connectivity index (χ4n) is 2.27. The summed E-state index contributed by atoms with van der Waals surface area (Å²) in [7, 11) is 0. The van der Waals surface area contributed by atoms with Crippen LogP contribution in [-0.4, -0.2) is 32.4 Å². The number of hydrogen-bond acceptors (Lipinski definition) is 3. The molecule has 1 aromatic carbocycles. The van der Waals surface area contributed by atoms with Crippen molar-refractivity contribution in [2.24, 2.45) is 0 Å². The fraction of sp³-hybridized carbons (Fsp3) is 0.625. The van der Waals surface area contributed by atoms with Gasteiger partial charge in [-0.25, -0.2) is 0 Å². The van der Waals surface area contributed by atoms with Crippen molar-refractivity contribution in [2.45, 2.75) is 38.7 Å². The van der Waals surface area contributed by atoms with Gasteiger partial charge in [0.25, 0.3) is 0 Å². The van der Waals surface area contributed by atoms with E-state index in [0.717, 1.165) is 25.4 Å². The number of benzene rings is 1. The summed E-state index contributed by atoms with van der Waals surface area (Å²) in [6, 6.07) is 8.36. The molecule has 0 saturated carbocycles. The van der Waals surface area contributed by atoms with Gasteiger partial charge in [0.15, 0.2) is 0 Å². The van der Waals surface area contributed by atoms with Crippen LogP contribution < -0.4 is 10.1 Å². The molecule has 1 N–H and O–H groups in total. The average molecular weight is 263 g/mol. The van der Waals surface area contributed by atoms with Gasteiger partial charge in [-0.3, -0.25) is 0 Å². The second-order valence-corrected chi connectivity index (χ2v) is 5.41. The zero-order chi connectivity index (χ0) is 13.5. The molecule has 2 rings (SSSR count). The van der Waals surface area contributed by atoms with E-state index in [1.54, 1.807) is 0 Å². The third-order valence-electron chi connectivity index (χ3n) is 3.47. The third-order valence-corrected chi connectivity index (χ3v) is 3.47. The molecule has 1 aliphatic rings. The van der Waals surface area contributed by atoms with Crippen molar-refractivity contribution in [3.05, 3.63) is 29.8 Å². The lowest BCUT2D eigenvalue weighted by atomic mass is 10.0. The highest BCUT2D eigenvalue weighted by molar-refractivity contribution is 5.30. The predicted molar refractivity (Wildman–Crippen MR) is 77.9 cm³/mol. The first-order chi connectivity index (χ1) is 9.25. The molecule has 19 heavy (non-hydrogen) atoms. The lowest BCUT2D eigenvalue weighted by Gasteiger charge is -2.12. The average Bonchev–Trinajstić information content (AvgIpc) is 2.92. The first-order valence-electron chi connectivity index (χ1n) is 7.31. The molecule has 0 bridgehead atoms. The topological polar surface area (TPSA) is 30.5 Å². The maximum atomic E-state index is 5.76. The Morgan fingerprint density at radius 1 is 1.42 bits per heavy atom. The standard InChI is InChI=1S/C16H25NO2/c1-13(2)14-5-3-6-15(11-14)19-10-8-17-12-16-7-4-9-18-16/h3,5-6,11,13,16-17H,4,7-10,12H2,1-2H3. The van der Waals surface area contributed by atoms with Gasteiger partial charge in [0.1, 0.15) is 12.4 Å². The van der Waals surface area contributed by atoms with E-state index in [2.05, 4.69) is 37.4 Å². The molecule has 3 nitrogen and oxygen atoms in total. The second kappa shape index (κ2) is 7.51. The lowest BCUT2D eigenvalue weighted by molar-refractivity contribution is 0.109. The Balaban J connectivity index is 1.63. The van der Waals surface area contributed by atoms with Gasteiger partial charge in [-0.05, 0) is 36.5 Å². The molecule has 0 spiro atoms. The van der Waals surface area contributed by atoms with E-state index in [1.165, 1.54) is 18.4 Å². The van der Waals surface area contributed by atoms with E-state index in [-0.39, 0.29) is 0 Å². The van der Waals surface area contributed by atoms with Crippen LogP contribution in [0.2, 0.25) is 0 Å². The minimum atomic E-state index is 0.407. The molecular weight excluding hydrogens is 238 g/mol. The number of rotatable bonds is 7. The summed E-state index contributed by atoms with van der Waals surface area (Å²) < 4.78 is 11.3. The zero-order valence-electron chi connectivity index (χ0n) is 12.0. The fourth-order valence-corrected chi connectivity index (χ4v) is 2.27. The van der Waals surface area contributed by atoms with E-state index < -0.39 is 0 Å². The highest BCUT2D eigenvalue weighted by Crippen LogP contribution is 2.19. The first kappa shape index (κ1) is 14.4. The molecule has 0 amide bonds. The number of nitrogens with one attached hydrogen (secondary N) is 1. The van der Waals surface area contributed by atoms with E-state index in [0.29, 0.717) is 18.6 Å². The molecule has 3 heteroatoms. The van der Waals surface area contributed by atoms with Crippen LogP contribution >= 0.6 is 0 Å². The zero-order valence-corrected chi connectivity index (χ0v) is 12.0. The van der Waals surface area contributed by atoms with E-state index in [4.69, 9.17) is 9.47 Å². The molecule has 1 aliphatic heterocycles. The van der Waals surface area contributed by atoms with Crippen LogP contribution in [0.4, 0.5) is 0 Å². The highest BCUT2D eigenvalue weighted by Gasteiger charge is 2.14. The maximum absolute atomic E-state index is 5.76. The Morgan fingerprint density at radius 2 is 2.32 bits per heavy atom. The van der Waals surface area contributed by atoms with Gasteiger partial charge in [0.05, 0.1) is 6.10 Å². The first-order valence-corrected chi connectivity index (χ1v) is 7.31. The van der Waals surface area contributed by atoms with E-state index >= 15 is 0 Å². The summed E-state index contributed by atoms with van der Waals surface area (Å²) in [6.45, 7) is 7.82. The van der Waals surface area contributed by atoms with Gasteiger partial charge in [0.2, 0.25) is 0 Å². The van der Waals surface area contributed by atoms with Crippen molar-refractivity contribution >= 4 is 0 Å². The van der Waals surface area contributed by atoms with Crippen molar-refractivity contribution in [1.29, 1.82) is 0 Å². The number of ether oxygens (including phenoxy) is 2. The molecule has 1 saturated heterocycles. The Kier molecular flexibility index (Phi) is 5.67. The van der Waals surface area contributed by atoms with Gasteiger partial charge < -0.3 is 14.8 Å². The van der Waals surface area contributed by atoms with Gasteiger partial charge in [0, 0.05) is 19.7 Å². The van der Waals surface area contributed by atoms with E-state index in [9.17, 15) is 0 Å².